The van der Waals surface area contributed by atoms with Gasteiger partial charge >= 0.3 is 5.97 Å². The molecule has 4 nitrogen and oxygen atoms in total. The molecule has 1 aromatic carbocycles. The van der Waals surface area contributed by atoms with E-state index in [1.54, 1.807) is 12.4 Å². The Labute approximate surface area is 116 Å². The Morgan fingerprint density at radius 2 is 2.00 bits per heavy atom. The van der Waals surface area contributed by atoms with Gasteiger partial charge in [-0.3, -0.25) is 4.98 Å². The molecule has 0 fully saturated rings. The van der Waals surface area contributed by atoms with Crippen LogP contribution in [0.25, 0.3) is 16.6 Å². The number of benzene rings is 1. The standard InChI is InChI=1S/C16H14N2O2/c1-11-9-18(10-13(11)16(19)20-2)15-7-8-17-14-6-4-3-5-12(14)15/h3-10H,1-2H3. The summed E-state index contributed by atoms with van der Waals surface area (Å²) < 4.78 is 6.73. The predicted octanol–water partition coefficient (Wildman–Crippen LogP) is 3.12. The van der Waals surface area contributed by atoms with E-state index in [4.69, 9.17) is 4.74 Å². The van der Waals surface area contributed by atoms with Gasteiger partial charge in [-0.25, -0.2) is 4.79 Å². The van der Waals surface area contributed by atoms with Crippen LogP contribution in [-0.4, -0.2) is 22.6 Å². The summed E-state index contributed by atoms with van der Waals surface area (Å²) in [6, 6.07) is 9.86. The van der Waals surface area contributed by atoms with Crippen LogP contribution < -0.4 is 0 Å². The summed E-state index contributed by atoms with van der Waals surface area (Å²) in [6.45, 7) is 1.89. The van der Waals surface area contributed by atoms with Crippen molar-refractivity contribution < 1.29 is 9.53 Å². The van der Waals surface area contributed by atoms with Crippen LogP contribution in [0.3, 0.4) is 0 Å². The highest BCUT2D eigenvalue weighted by Gasteiger charge is 2.13. The molecule has 0 N–H and O–H groups in total. The smallest absolute Gasteiger partial charge is 0.339 e. The van der Waals surface area contributed by atoms with Gasteiger partial charge in [-0.15, -0.1) is 0 Å². The maximum Gasteiger partial charge on any atom is 0.339 e. The van der Waals surface area contributed by atoms with E-state index >= 15 is 0 Å². The average molecular weight is 266 g/mol. The normalized spacial score (nSPS) is 10.7. The Morgan fingerprint density at radius 1 is 1.20 bits per heavy atom. The van der Waals surface area contributed by atoms with Crippen LogP contribution in [0.1, 0.15) is 15.9 Å². The van der Waals surface area contributed by atoms with Crippen molar-refractivity contribution in [3.63, 3.8) is 0 Å². The molecule has 3 aromatic rings. The third-order valence-corrected chi connectivity index (χ3v) is 3.34. The summed E-state index contributed by atoms with van der Waals surface area (Å²) in [4.78, 5) is 16.0. The Morgan fingerprint density at radius 3 is 2.80 bits per heavy atom. The van der Waals surface area contributed by atoms with Crippen LogP contribution in [0.2, 0.25) is 0 Å². The molecule has 0 saturated carbocycles. The first-order chi connectivity index (χ1) is 9.70. The maximum absolute atomic E-state index is 11.7. The van der Waals surface area contributed by atoms with Gasteiger partial charge in [0.2, 0.25) is 0 Å². The molecule has 4 heteroatoms. The number of rotatable bonds is 2. The fourth-order valence-corrected chi connectivity index (χ4v) is 2.32. The second-order valence-electron chi connectivity index (χ2n) is 4.60. The number of esters is 1. The number of hydrogen-bond donors (Lipinski definition) is 0. The fraction of sp³-hybridized carbons (Fsp3) is 0.125. The first-order valence-electron chi connectivity index (χ1n) is 6.32. The molecule has 0 unspecified atom stereocenters. The van der Waals surface area contributed by atoms with E-state index in [2.05, 4.69) is 4.98 Å². The number of ether oxygens (including phenoxy) is 1. The van der Waals surface area contributed by atoms with Gasteiger partial charge in [0.1, 0.15) is 0 Å². The first-order valence-corrected chi connectivity index (χ1v) is 6.32. The summed E-state index contributed by atoms with van der Waals surface area (Å²) in [7, 11) is 1.39. The van der Waals surface area contributed by atoms with Crippen molar-refractivity contribution in [2.24, 2.45) is 0 Å². The molecule has 2 heterocycles. The first kappa shape index (κ1) is 12.4. The summed E-state index contributed by atoms with van der Waals surface area (Å²) >= 11 is 0. The molecule has 0 aliphatic carbocycles. The van der Waals surface area contributed by atoms with Gasteiger partial charge in [-0.2, -0.15) is 0 Å². The molecular weight excluding hydrogens is 252 g/mol. The summed E-state index contributed by atoms with van der Waals surface area (Å²) in [5, 5.41) is 1.04. The molecule has 0 aliphatic rings. The minimum absolute atomic E-state index is 0.320. The zero-order valence-electron chi connectivity index (χ0n) is 11.3. The number of carbonyl (C=O) groups excluding carboxylic acids is 1. The molecule has 2 aromatic heterocycles. The molecule has 0 aliphatic heterocycles. The maximum atomic E-state index is 11.7. The number of fused-ring (bicyclic) bond motifs is 1. The fourth-order valence-electron chi connectivity index (χ4n) is 2.32. The number of para-hydroxylation sites is 1. The lowest BCUT2D eigenvalue weighted by atomic mass is 10.2. The number of methoxy groups -OCH3 is 1. The van der Waals surface area contributed by atoms with E-state index in [9.17, 15) is 4.79 Å². The minimum Gasteiger partial charge on any atom is -0.465 e. The molecule has 0 amide bonds. The zero-order valence-corrected chi connectivity index (χ0v) is 11.3. The van der Waals surface area contributed by atoms with Gasteiger partial charge in [-0.05, 0) is 24.6 Å². The van der Waals surface area contributed by atoms with E-state index in [1.165, 1.54) is 7.11 Å². The summed E-state index contributed by atoms with van der Waals surface area (Å²) in [6.07, 6.45) is 5.49. The van der Waals surface area contributed by atoms with Crippen molar-refractivity contribution in [2.45, 2.75) is 6.92 Å². The molecule has 0 spiro atoms. The number of pyridine rings is 1. The molecular formula is C16H14N2O2. The van der Waals surface area contributed by atoms with E-state index < -0.39 is 0 Å². The number of carbonyl (C=O) groups is 1. The van der Waals surface area contributed by atoms with Crippen molar-refractivity contribution in [3.8, 4) is 5.69 Å². The topological polar surface area (TPSA) is 44.1 Å². The van der Waals surface area contributed by atoms with Crippen LogP contribution in [0.5, 0.6) is 0 Å². The highest BCUT2D eigenvalue weighted by atomic mass is 16.5. The van der Waals surface area contributed by atoms with Crippen molar-refractivity contribution in [2.75, 3.05) is 7.11 Å². The Hall–Kier alpha value is -2.62. The Balaban J connectivity index is 2.19. The van der Waals surface area contributed by atoms with E-state index in [0.717, 1.165) is 22.2 Å². The van der Waals surface area contributed by atoms with E-state index in [0.29, 0.717) is 5.56 Å². The second kappa shape index (κ2) is 4.81. The second-order valence-corrected chi connectivity index (χ2v) is 4.60. The number of aromatic nitrogens is 2. The van der Waals surface area contributed by atoms with Crippen molar-refractivity contribution >= 4 is 16.9 Å². The van der Waals surface area contributed by atoms with Gasteiger partial charge in [0.25, 0.3) is 0 Å². The number of hydrogen-bond acceptors (Lipinski definition) is 3. The quantitative estimate of drug-likeness (QED) is 0.669. The largest absolute Gasteiger partial charge is 0.465 e. The highest BCUT2D eigenvalue weighted by molar-refractivity contribution is 5.92. The molecule has 20 heavy (non-hydrogen) atoms. The lowest BCUT2D eigenvalue weighted by molar-refractivity contribution is 0.0600. The third kappa shape index (κ3) is 1.95. The van der Waals surface area contributed by atoms with E-state index in [-0.39, 0.29) is 5.97 Å². The third-order valence-electron chi connectivity index (χ3n) is 3.34. The predicted molar refractivity (Wildman–Crippen MR) is 77.1 cm³/mol. The van der Waals surface area contributed by atoms with Crippen LogP contribution in [0.4, 0.5) is 0 Å². The Kier molecular flexibility index (Phi) is 2.99. The van der Waals surface area contributed by atoms with Gasteiger partial charge in [-0.1, -0.05) is 18.2 Å². The lowest BCUT2D eigenvalue weighted by Gasteiger charge is -2.06. The van der Waals surface area contributed by atoms with Gasteiger partial charge in [0.15, 0.2) is 0 Å². The molecule has 3 rings (SSSR count). The minimum atomic E-state index is -0.320. The van der Waals surface area contributed by atoms with Crippen LogP contribution >= 0.6 is 0 Å². The Bertz CT molecular complexity index is 785. The molecule has 100 valence electrons. The monoisotopic (exact) mass is 266 g/mol. The zero-order chi connectivity index (χ0) is 14.1. The summed E-state index contributed by atoms with van der Waals surface area (Å²) in [5.41, 5.74) is 3.39. The van der Waals surface area contributed by atoms with Crippen LogP contribution in [0.15, 0.2) is 48.9 Å². The van der Waals surface area contributed by atoms with Gasteiger partial charge in [0.05, 0.1) is 23.9 Å². The number of aryl methyl sites for hydroxylation is 1. The molecule has 0 atom stereocenters. The SMILES string of the molecule is COC(=O)c1cn(-c2ccnc3ccccc23)cc1C. The van der Waals surface area contributed by atoms with Crippen LogP contribution in [0, 0.1) is 6.92 Å². The summed E-state index contributed by atoms with van der Waals surface area (Å²) in [5.74, 6) is -0.320. The lowest BCUT2D eigenvalue weighted by Crippen LogP contribution is -2.01. The average Bonchev–Trinajstić information content (AvgIpc) is 2.87. The highest BCUT2D eigenvalue weighted by Crippen LogP contribution is 2.22. The van der Waals surface area contributed by atoms with E-state index in [1.807, 2.05) is 48.0 Å². The van der Waals surface area contributed by atoms with Gasteiger partial charge < -0.3 is 9.30 Å². The van der Waals surface area contributed by atoms with Crippen molar-refractivity contribution in [1.82, 2.24) is 9.55 Å². The van der Waals surface area contributed by atoms with Gasteiger partial charge in [0, 0.05) is 24.0 Å². The molecule has 0 bridgehead atoms. The van der Waals surface area contributed by atoms with Crippen LogP contribution in [-0.2, 0) is 4.74 Å². The molecule has 0 radical (unpaired) electrons. The molecule has 0 saturated heterocycles. The van der Waals surface area contributed by atoms with Crippen molar-refractivity contribution in [1.29, 1.82) is 0 Å². The van der Waals surface area contributed by atoms with Crippen molar-refractivity contribution in [3.05, 3.63) is 60.0 Å². The number of nitrogens with zero attached hydrogens (tertiary/aromatic N) is 2.